The number of ether oxygens (including phenoxy) is 2. The van der Waals surface area contributed by atoms with Crippen LogP contribution in [-0.4, -0.2) is 18.8 Å². The quantitative estimate of drug-likeness (QED) is 0.773. The summed E-state index contributed by atoms with van der Waals surface area (Å²) in [4.78, 5) is 11.7. The summed E-state index contributed by atoms with van der Waals surface area (Å²) in [7, 11) is 1.54. The van der Waals surface area contributed by atoms with Crippen LogP contribution in [0, 0.1) is 6.92 Å². The zero-order chi connectivity index (χ0) is 13.5. The first-order valence-electron chi connectivity index (χ1n) is 5.94. The molecular formula is C14H18O4. The van der Waals surface area contributed by atoms with Crippen LogP contribution in [0.25, 0.3) is 5.57 Å². The third-order valence-electron chi connectivity index (χ3n) is 3.43. The summed E-state index contributed by atoms with van der Waals surface area (Å²) < 4.78 is 15.9. The molecule has 1 aromatic rings. The Hall–Kier alpha value is -1.55. The summed E-state index contributed by atoms with van der Waals surface area (Å²) >= 11 is 0. The maximum atomic E-state index is 11.7. The lowest BCUT2D eigenvalue weighted by Gasteiger charge is -2.07. The molecule has 1 aliphatic rings. The summed E-state index contributed by atoms with van der Waals surface area (Å²) in [5.74, 6) is 1.07. The summed E-state index contributed by atoms with van der Waals surface area (Å²) in [5, 5.41) is 0. The Labute approximate surface area is 106 Å². The second kappa shape index (κ2) is 4.28. The maximum Gasteiger partial charge on any atom is 0.342 e. The highest BCUT2D eigenvalue weighted by molar-refractivity contribution is 5.62. The van der Waals surface area contributed by atoms with E-state index in [1.807, 2.05) is 26.8 Å². The van der Waals surface area contributed by atoms with E-state index in [1.165, 1.54) is 7.11 Å². The molecule has 0 radical (unpaired) electrons. The normalized spacial score (nSPS) is 27.2. The van der Waals surface area contributed by atoms with Crippen molar-refractivity contribution in [2.24, 2.45) is 0 Å². The lowest BCUT2D eigenvalue weighted by Crippen LogP contribution is -2.08. The van der Waals surface area contributed by atoms with Gasteiger partial charge in [0, 0.05) is 6.07 Å². The number of methoxy groups -OCH3 is 1. The van der Waals surface area contributed by atoms with E-state index in [0.717, 1.165) is 5.57 Å². The Balaban J connectivity index is 2.40. The van der Waals surface area contributed by atoms with Crippen LogP contribution in [0.2, 0.25) is 0 Å². The van der Waals surface area contributed by atoms with Crippen LogP contribution in [0.5, 0.6) is 5.75 Å². The lowest BCUT2D eigenvalue weighted by atomic mass is 10.0. The highest BCUT2D eigenvalue weighted by Gasteiger charge is 2.46. The second-order valence-electron chi connectivity index (χ2n) is 4.86. The predicted molar refractivity (Wildman–Crippen MR) is 68.9 cm³/mol. The van der Waals surface area contributed by atoms with Gasteiger partial charge in [-0.15, -0.1) is 0 Å². The summed E-state index contributed by atoms with van der Waals surface area (Å²) in [6.07, 6.45) is 2.18. The Morgan fingerprint density at radius 3 is 2.67 bits per heavy atom. The Bertz CT molecular complexity index is 555. The third-order valence-corrected chi connectivity index (χ3v) is 3.43. The molecule has 2 rings (SSSR count). The Kier molecular flexibility index (Phi) is 3.07. The van der Waals surface area contributed by atoms with Crippen LogP contribution in [-0.2, 0) is 4.74 Å². The molecule has 0 spiro atoms. The number of hydrogen-bond donors (Lipinski definition) is 0. The van der Waals surface area contributed by atoms with E-state index in [0.29, 0.717) is 17.1 Å². The highest BCUT2D eigenvalue weighted by atomic mass is 16.6. The first-order chi connectivity index (χ1) is 8.37. The monoisotopic (exact) mass is 250 g/mol. The fraction of sp³-hybridized carbons (Fsp3) is 0.500. The molecule has 4 heteroatoms. The predicted octanol–water partition coefficient (Wildman–Crippen LogP) is 2.54. The van der Waals surface area contributed by atoms with Crippen molar-refractivity contribution in [2.75, 3.05) is 7.11 Å². The molecule has 0 aliphatic carbocycles. The van der Waals surface area contributed by atoms with Gasteiger partial charge in [-0.2, -0.15) is 0 Å². The zero-order valence-corrected chi connectivity index (χ0v) is 11.4. The summed E-state index contributed by atoms with van der Waals surface area (Å²) in [6, 6.07) is 1.74. The van der Waals surface area contributed by atoms with Gasteiger partial charge < -0.3 is 13.9 Å². The molecular weight excluding hydrogens is 232 g/mol. The summed E-state index contributed by atoms with van der Waals surface area (Å²) in [6.45, 7) is 7.59. The highest BCUT2D eigenvalue weighted by Crippen LogP contribution is 2.39. The standard InChI is InChI=1S/C14H18O4/c1-8(7-14(4)10(3)18-14)11-6-12(16-5)9(2)13(15)17-11/h6-7,10H,1-5H3/b8-7-/t10-,14-/m1/s1. The van der Waals surface area contributed by atoms with Gasteiger partial charge in [-0.05, 0) is 39.3 Å². The van der Waals surface area contributed by atoms with E-state index >= 15 is 0 Å². The van der Waals surface area contributed by atoms with Gasteiger partial charge in [0.15, 0.2) is 0 Å². The minimum Gasteiger partial charge on any atom is -0.496 e. The average Bonchev–Trinajstić information content (AvgIpc) is 2.89. The molecule has 0 N–H and O–H groups in total. The molecule has 2 atom stereocenters. The average molecular weight is 250 g/mol. The van der Waals surface area contributed by atoms with Crippen molar-refractivity contribution in [1.82, 2.24) is 0 Å². The lowest BCUT2D eigenvalue weighted by molar-refractivity contribution is 0.349. The van der Waals surface area contributed by atoms with Crippen molar-refractivity contribution >= 4 is 5.57 Å². The van der Waals surface area contributed by atoms with Gasteiger partial charge >= 0.3 is 5.63 Å². The molecule has 1 aromatic heterocycles. The maximum absolute atomic E-state index is 11.7. The number of epoxide rings is 1. The van der Waals surface area contributed by atoms with Gasteiger partial charge in [-0.1, -0.05) is 0 Å². The van der Waals surface area contributed by atoms with E-state index in [2.05, 4.69) is 0 Å². The zero-order valence-electron chi connectivity index (χ0n) is 11.4. The minimum atomic E-state index is -0.369. The van der Waals surface area contributed by atoms with E-state index < -0.39 is 0 Å². The van der Waals surface area contributed by atoms with Crippen molar-refractivity contribution in [2.45, 2.75) is 39.4 Å². The Morgan fingerprint density at radius 1 is 1.56 bits per heavy atom. The molecule has 1 aliphatic heterocycles. The topological polar surface area (TPSA) is 52.0 Å². The van der Waals surface area contributed by atoms with Crippen molar-refractivity contribution < 1.29 is 13.9 Å². The van der Waals surface area contributed by atoms with Crippen molar-refractivity contribution in [3.8, 4) is 5.75 Å². The van der Waals surface area contributed by atoms with Crippen LogP contribution < -0.4 is 10.4 Å². The van der Waals surface area contributed by atoms with Gasteiger partial charge in [0.1, 0.15) is 17.1 Å². The Morgan fingerprint density at radius 2 is 2.17 bits per heavy atom. The molecule has 1 saturated heterocycles. The fourth-order valence-corrected chi connectivity index (χ4v) is 1.94. The number of rotatable bonds is 3. The van der Waals surface area contributed by atoms with Crippen LogP contribution in [0.15, 0.2) is 21.4 Å². The molecule has 2 heterocycles. The molecule has 98 valence electrons. The molecule has 0 amide bonds. The number of hydrogen-bond acceptors (Lipinski definition) is 4. The smallest absolute Gasteiger partial charge is 0.342 e. The molecule has 0 unspecified atom stereocenters. The molecule has 0 aromatic carbocycles. The molecule has 18 heavy (non-hydrogen) atoms. The van der Waals surface area contributed by atoms with E-state index in [-0.39, 0.29) is 17.3 Å². The van der Waals surface area contributed by atoms with Crippen LogP contribution in [0.3, 0.4) is 0 Å². The molecule has 1 fully saturated rings. The van der Waals surface area contributed by atoms with E-state index in [9.17, 15) is 4.79 Å². The second-order valence-corrected chi connectivity index (χ2v) is 4.86. The van der Waals surface area contributed by atoms with Crippen molar-refractivity contribution in [3.05, 3.63) is 33.9 Å². The van der Waals surface area contributed by atoms with Crippen molar-refractivity contribution in [1.29, 1.82) is 0 Å². The third kappa shape index (κ3) is 2.20. The SMILES string of the molecule is COc1cc(/C(C)=C\[C@@]2(C)O[C@@H]2C)oc(=O)c1C. The summed E-state index contributed by atoms with van der Waals surface area (Å²) in [5.41, 5.74) is 0.737. The van der Waals surface area contributed by atoms with E-state index in [4.69, 9.17) is 13.9 Å². The van der Waals surface area contributed by atoms with Crippen LogP contribution in [0.1, 0.15) is 32.1 Å². The van der Waals surface area contributed by atoms with E-state index in [1.54, 1.807) is 13.0 Å². The van der Waals surface area contributed by atoms with Gasteiger partial charge in [0.25, 0.3) is 0 Å². The van der Waals surface area contributed by atoms with Crippen LogP contribution in [0.4, 0.5) is 0 Å². The molecule has 4 nitrogen and oxygen atoms in total. The van der Waals surface area contributed by atoms with Crippen molar-refractivity contribution in [3.63, 3.8) is 0 Å². The fourth-order valence-electron chi connectivity index (χ4n) is 1.94. The minimum absolute atomic E-state index is 0.200. The van der Waals surface area contributed by atoms with Crippen LogP contribution >= 0.6 is 0 Å². The number of allylic oxidation sites excluding steroid dienone is 1. The van der Waals surface area contributed by atoms with Gasteiger partial charge in [0.2, 0.25) is 0 Å². The van der Waals surface area contributed by atoms with Gasteiger partial charge in [-0.25, -0.2) is 4.79 Å². The first-order valence-corrected chi connectivity index (χ1v) is 5.94. The first kappa shape index (κ1) is 12.9. The largest absolute Gasteiger partial charge is 0.496 e. The van der Waals surface area contributed by atoms with Gasteiger partial charge in [-0.3, -0.25) is 0 Å². The van der Waals surface area contributed by atoms with Gasteiger partial charge in [0.05, 0.1) is 18.8 Å². The molecule has 0 bridgehead atoms. The molecule has 0 saturated carbocycles.